The molecule has 1 nitrogen and oxygen atoms in total. The predicted octanol–water partition coefficient (Wildman–Crippen LogP) is 2.79. The lowest BCUT2D eigenvalue weighted by atomic mass is 9.94. The van der Waals surface area contributed by atoms with Crippen LogP contribution in [0.3, 0.4) is 0 Å². The lowest BCUT2D eigenvalue weighted by Crippen LogP contribution is -2.29. The van der Waals surface area contributed by atoms with Crippen LogP contribution in [-0.4, -0.2) is 19.1 Å². The summed E-state index contributed by atoms with van der Waals surface area (Å²) >= 11 is 0. The van der Waals surface area contributed by atoms with Crippen molar-refractivity contribution in [3.05, 3.63) is 24.8 Å². The standard InChI is InChI=1S/C10H14F2O/c1-3-10(11,12)9-6-8(2)4-5-13-7-9/h3,9H,1-2,4-7H2/t9-/m1/s1. The summed E-state index contributed by atoms with van der Waals surface area (Å²) in [5.74, 6) is -3.63. The molecule has 1 heterocycles. The van der Waals surface area contributed by atoms with Crippen LogP contribution in [0.2, 0.25) is 0 Å². The summed E-state index contributed by atoms with van der Waals surface area (Å²) in [6.45, 7) is 7.45. The van der Waals surface area contributed by atoms with Crippen molar-refractivity contribution in [3.63, 3.8) is 0 Å². The van der Waals surface area contributed by atoms with Gasteiger partial charge in [0.1, 0.15) is 0 Å². The van der Waals surface area contributed by atoms with Gasteiger partial charge in [-0.15, -0.1) is 0 Å². The molecule has 1 atom stereocenters. The first kappa shape index (κ1) is 10.4. The van der Waals surface area contributed by atoms with Crippen molar-refractivity contribution in [2.45, 2.75) is 18.8 Å². The van der Waals surface area contributed by atoms with Crippen LogP contribution in [0.15, 0.2) is 24.8 Å². The zero-order chi connectivity index (χ0) is 9.90. The summed E-state index contributed by atoms with van der Waals surface area (Å²) in [6, 6.07) is 0. The molecule has 13 heavy (non-hydrogen) atoms. The molecule has 0 N–H and O–H groups in total. The van der Waals surface area contributed by atoms with Gasteiger partial charge < -0.3 is 4.74 Å². The summed E-state index contributed by atoms with van der Waals surface area (Å²) in [6.07, 6.45) is 1.71. The number of hydrogen-bond donors (Lipinski definition) is 0. The fourth-order valence-electron chi connectivity index (χ4n) is 1.37. The van der Waals surface area contributed by atoms with Gasteiger partial charge in [-0.3, -0.25) is 0 Å². The van der Waals surface area contributed by atoms with E-state index < -0.39 is 11.8 Å². The minimum atomic E-state index is -2.84. The van der Waals surface area contributed by atoms with Gasteiger partial charge in [0, 0.05) is 0 Å². The fraction of sp³-hybridized carbons (Fsp3) is 0.600. The fourth-order valence-corrected chi connectivity index (χ4v) is 1.37. The molecule has 0 saturated carbocycles. The van der Waals surface area contributed by atoms with Crippen LogP contribution in [0.1, 0.15) is 12.8 Å². The average Bonchev–Trinajstić information content (AvgIpc) is 2.30. The molecule has 0 radical (unpaired) electrons. The third-order valence-electron chi connectivity index (χ3n) is 2.27. The molecule has 0 unspecified atom stereocenters. The SMILES string of the molecule is C=CC(F)(F)[C@H]1COCCC(=C)C1. The van der Waals surface area contributed by atoms with Crippen molar-refractivity contribution in [1.82, 2.24) is 0 Å². The average molecular weight is 188 g/mol. The minimum Gasteiger partial charge on any atom is -0.381 e. The first-order valence-electron chi connectivity index (χ1n) is 4.32. The second-order valence-electron chi connectivity index (χ2n) is 3.35. The largest absolute Gasteiger partial charge is 0.381 e. The van der Waals surface area contributed by atoms with E-state index in [1.165, 1.54) is 0 Å². The Morgan fingerprint density at radius 2 is 2.23 bits per heavy atom. The molecule has 1 aliphatic heterocycles. The van der Waals surface area contributed by atoms with E-state index in [1.807, 2.05) is 0 Å². The van der Waals surface area contributed by atoms with Gasteiger partial charge >= 0.3 is 0 Å². The zero-order valence-electron chi connectivity index (χ0n) is 7.56. The van der Waals surface area contributed by atoms with Crippen LogP contribution >= 0.6 is 0 Å². The lowest BCUT2D eigenvalue weighted by Gasteiger charge is -2.22. The summed E-state index contributed by atoms with van der Waals surface area (Å²) in [5.41, 5.74) is 0.837. The molecule has 0 bridgehead atoms. The van der Waals surface area contributed by atoms with Crippen molar-refractivity contribution in [2.24, 2.45) is 5.92 Å². The monoisotopic (exact) mass is 188 g/mol. The summed E-state index contributed by atoms with van der Waals surface area (Å²) in [4.78, 5) is 0. The number of alkyl halides is 2. The third-order valence-corrected chi connectivity index (χ3v) is 2.27. The predicted molar refractivity (Wildman–Crippen MR) is 47.8 cm³/mol. The Morgan fingerprint density at radius 1 is 1.54 bits per heavy atom. The van der Waals surface area contributed by atoms with E-state index in [2.05, 4.69) is 13.2 Å². The Labute approximate surface area is 77.1 Å². The third kappa shape index (κ3) is 2.62. The minimum absolute atomic E-state index is 0.0953. The van der Waals surface area contributed by atoms with Crippen LogP contribution in [-0.2, 0) is 4.74 Å². The highest BCUT2D eigenvalue weighted by molar-refractivity contribution is 5.03. The van der Waals surface area contributed by atoms with Crippen LogP contribution < -0.4 is 0 Å². The Balaban J connectivity index is 2.67. The lowest BCUT2D eigenvalue weighted by molar-refractivity contribution is -0.0417. The highest BCUT2D eigenvalue weighted by atomic mass is 19.3. The van der Waals surface area contributed by atoms with Gasteiger partial charge in [-0.05, 0) is 18.9 Å². The highest BCUT2D eigenvalue weighted by Gasteiger charge is 2.37. The maximum atomic E-state index is 13.2. The van der Waals surface area contributed by atoms with E-state index in [-0.39, 0.29) is 6.61 Å². The molecule has 74 valence electrons. The Bertz CT molecular complexity index is 211. The van der Waals surface area contributed by atoms with Crippen LogP contribution in [0.25, 0.3) is 0 Å². The van der Waals surface area contributed by atoms with Crippen molar-refractivity contribution < 1.29 is 13.5 Å². The maximum Gasteiger partial charge on any atom is 0.271 e. The molecule has 0 aromatic carbocycles. The number of allylic oxidation sites excluding steroid dienone is 1. The Kier molecular flexibility index (Phi) is 3.20. The molecule has 1 rings (SSSR count). The summed E-state index contributed by atoms with van der Waals surface area (Å²) in [7, 11) is 0. The van der Waals surface area contributed by atoms with E-state index in [4.69, 9.17) is 4.74 Å². The number of ether oxygens (including phenoxy) is 1. The van der Waals surface area contributed by atoms with Gasteiger partial charge in [0.2, 0.25) is 0 Å². The molecule has 0 amide bonds. The van der Waals surface area contributed by atoms with Gasteiger partial charge in [-0.2, -0.15) is 0 Å². The van der Waals surface area contributed by atoms with Gasteiger partial charge in [-0.25, -0.2) is 8.78 Å². The van der Waals surface area contributed by atoms with Crippen LogP contribution in [0.4, 0.5) is 8.78 Å². The van der Waals surface area contributed by atoms with Gasteiger partial charge in [-0.1, -0.05) is 18.7 Å². The van der Waals surface area contributed by atoms with E-state index in [1.54, 1.807) is 0 Å². The molecule has 1 fully saturated rings. The quantitative estimate of drug-likeness (QED) is 0.605. The maximum absolute atomic E-state index is 13.2. The van der Waals surface area contributed by atoms with Crippen molar-refractivity contribution in [2.75, 3.05) is 13.2 Å². The molecule has 0 aliphatic carbocycles. The summed E-state index contributed by atoms with van der Waals surface area (Å²) < 4.78 is 31.4. The second kappa shape index (κ2) is 4.01. The van der Waals surface area contributed by atoms with Crippen molar-refractivity contribution in [3.8, 4) is 0 Å². The second-order valence-corrected chi connectivity index (χ2v) is 3.35. The molecule has 0 aromatic heterocycles. The molecule has 3 heteroatoms. The molecule has 0 spiro atoms. The van der Waals surface area contributed by atoms with Gasteiger partial charge in [0.25, 0.3) is 5.92 Å². The van der Waals surface area contributed by atoms with Gasteiger partial charge in [0.15, 0.2) is 0 Å². The van der Waals surface area contributed by atoms with Crippen molar-refractivity contribution >= 4 is 0 Å². The normalized spacial score (nSPS) is 25.4. The number of hydrogen-bond acceptors (Lipinski definition) is 1. The molecular formula is C10H14F2O. The molecule has 1 saturated heterocycles. The number of halogens is 2. The highest BCUT2D eigenvalue weighted by Crippen LogP contribution is 2.33. The van der Waals surface area contributed by atoms with E-state index in [0.29, 0.717) is 25.5 Å². The van der Waals surface area contributed by atoms with E-state index in [9.17, 15) is 8.78 Å². The Morgan fingerprint density at radius 3 is 2.85 bits per heavy atom. The topological polar surface area (TPSA) is 9.23 Å². The van der Waals surface area contributed by atoms with Crippen LogP contribution in [0.5, 0.6) is 0 Å². The number of rotatable bonds is 2. The first-order chi connectivity index (χ1) is 6.06. The zero-order valence-corrected chi connectivity index (χ0v) is 7.56. The molecule has 0 aromatic rings. The van der Waals surface area contributed by atoms with Crippen molar-refractivity contribution in [1.29, 1.82) is 0 Å². The first-order valence-corrected chi connectivity index (χ1v) is 4.32. The molecule has 1 aliphatic rings. The smallest absolute Gasteiger partial charge is 0.271 e. The summed E-state index contributed by atoms with van der Waals surface area (Å²) in [5, 5.41) is 0. The molecular weight excluding hydrogens is 174 g/mol. The van der Waals surface area contributed by atoms with E-state index in [0.717, 1.165) is 5.57 Å². The Hall–Kier alpha value is -0.700. The van der Waals surface area contributed by atoms with Crippen LogP contribution in [0, 0.1) is 5.92 Å². The van der Waals surface area contributed by atoms with Gasteiger partial charge in [0.05, 0.1) is 19.1 Å². The van der Waals surface area contributed by atoms with E-state index >= 15 is 0 Å².